The van der Waals surface area contributed by atoms with Gasteiger partial charge in [0.2, 0.25) is 0 Å². The summed E-state index contributed by atoms with van der Waals surface area (Å²) in [6.45, 7) is 0. The fourth-order valence-electron chi connectivity index (χ4n) is 21.5. The zero-order valence-corrected chi connectivity index (χ0v) is 72.2. The minimum absolute atomic E-state index is 0.483. The van der Waals surface area contributed by atoms with Gasteiger partial charge in [0.15, 0.2) is 11.6 Å². The van der Waals surface area contributed by atoms with E-state index in [1.807, 2.05) is 83.4 Å². The molecule has 604 valence electrons. The number of aromatic nitrogens is 6. The Morgan fingerprint density at radius 1 is 0.208 bits per heavy atom. The first kappa shape index (κ1) is 74.4. The fraction of sp³-hybridized carbons (Fsp3) is 0.0167. The zero-order chi connectivity index (χ0) is 85.3. The van der Waals surface area contributed by atoms with Crippen molar-refractivity contribution in [3.05, 3.63) is 469 Å². The molecule has 2 spiro atoms. The van der Waals surface area contributed by atoms with Crippen LogP contribution in [-0.4, -0.2) is 29.9 Å². The van der Waals surface area contributed by atoms with Gasteiger partial charge in [0, 0.05) is 117 Å². The fourth-order valence-corrected chi connectivity index (χ4v) is 25.1. The van der Waals surface area contributed by atoms with Crippen LogP contribution in [0.3, 0.4) is 0 Å². The summed E-state index contributed by atoms with van der Waals surface area (Å²) in [5.74, 6) is 1.35. The van der Waals surface area contributed by atoms with Gasteiger partial charge in [-0.1, -0.05) is 357 Å². The number of hydrogen-bond acceptors (Lipinski definition) is 10. The maximum atomic E-state index is 6.34. The SMILES string of the molecule is c1ccc(-c2nc(-c3ccc4c(c3)nc(-c3ccccc3)c3cc5c(cc34)C3(c4ccccc4Sc4ccccc43)c3ccccc3-5)cc(-c3cccc4c3sc3ccccc34)n2)cc1.c1ccc(-c2nc(-c3ccc4c(c3)nc(-c3ccccc3)c3cc5c(cc34)C3(c4ccccc4Sc4ccccc43)c3ccccc3-5)cc(-c3cccc4oc5ccccc5c34)n2)cc1. The van der Waals surface area contributed by atoms with E-state index in [9.17, 15) is 0 Å². The third-order valence-corrected chi connectivity index (χ3v) is 30.6. The highest BCUT2D eigenvalue weighted by Gasteiger charge is 2.52. The van der Waals surface area contributed by atoms with E-state index >= 15 is 0 Å². The molecule has 6 aromatic heterocycles. The highest BCUT2D eigenvalue weighted by Crippen LogP contribution is 2.66. The van der Waals surface area contributed by atoms with E-state index in [0.717, 1.165) is 133 Å². The predicted molar refractivity (Wildman–Crippen MR) is 536 cm³/mol. The van der Waals surface area contributed by atoms with Crippen molar-refractivity contribution in [1.29, 1.82) is 0 Å². The summed E-state index contributed by atoms with van der Waals surface area (Å²) in [5, 5.41) is 11.4. The molecule has 0 N–H and O–H groups in total. The Labute approximate surface area is 760 Å². The average Bonchev–Trinajstić information content (AvgIpc) is 1.51. The second-order valence-electron chi connectivity index (χ2n) is 34.0. The molecular weight excluding hydrogens is 1640 g/mol. The second-order valence-corrected chi connectivity index (χ2v) is 37.2. The van der Waals surface area contributed by atoms with E-state index in [0.29, 0.717) is 11.6 Å². The number of nitrogens with zero attached hydrogens (tertiary/aromatic N) is 6. The molecule has 0 saturated carbocycles. The molecule has 4 aliphatic rings. The normalized spacial score (nSPS) is 13.3. The molecule has 0 fully saturated rings. The summed E-state index contributed by atoms with van der Waals surface area (Å²) in [5.41, 5.74) is 31.6. The average molecular weight is 1710 g/mol. The van der Waals surface area contributed by atoms with Crippen molar-refractivity contribution in [1.82, 2.24) is 29.9 Å². The van der Waals surface area contributed by atoms with Crippen molar-refractivity contribution in [2.24, 2.45) is 0 Å². The van der Waals surface area contributed by atoms with Gasteiger partial charge in [-0.3, -0.25) is 0 Å². The van der Waals surface area contributed by atoms with Gasteiger partial charge in [0.25, 0.3) is 0 Å². The van der Waals surface area contributed by atoms with E-state index in [1.54, 1.807) is 0 Å². The second kappa shape index (κ2) is 29.4. The van der Waals surface area contributed by atoms with Crippen molar-refractivity contribution in [3.63, 3.8) is 0 Å². The molecule has 0 atom stereocenters. The molecule has 0 radical (unpaired) electrons. The van der Waals surface area contributed by atoms with Gasteiger partial charge in [0.05, 0.1) is 56.0 Å². The minimum atomic E-state index is -0.491. The first-order valence-electron chi connectivity index (χ1n) is 44.0. The van der Waals surface area contributed by atoms with Crippen molar-refractivity contribution in [2.45, 2.75) is 30.4 Å². The molecule has 10 heteroatoms. The first-order chi connectivity index (χ1) is 64.4. The smallest absolute Gasteiger partial charge is 0.160 e. The molecule has 24 aromatic rings. The molecule has 0 unspecified atom stereocenters. The summed E-state index contributed by atoms with van der Waals surface area (Å²) in [7, 11) is 0. The van der Waals surface area contributed by atoms with Crippen molar-refractivity contribution in [2.75, 3.05) is 0 Å². The number of rotatable bonds is 8. The van der Waals surface area contributed by atoms with E-state index in [1.165, 1.54) is 117 Å². The quantitative estimate of drug-likeness (QED) is 0.138. The number of hydrogen-bond donors (Lipinski definition) is 0. The largest absolute Gasteiger partial charge is 0.456 e. The lowest BCUT2D eigenvalue weighted by Gasteiger charge is -2.39. The monoisotopic (exact) mass is 1710 g/mol. The Morgan fingerprint density at radius 2 is 0.585 bits per heavy atom. The summed E-state index contributed by atoms with van der Waals surface area (Å²) in [6, 6.07) is 153. The van der Waals surface area contributed by atoms with Crippen LogP contribution < -0.4 is 0 Å². The summed E-state index contributed by atoms with van der Waals surface area (Å²) < 4.78 is 8.84. The van der Waals surface area contributed by atoms with Crippen LogP contribution in [0.15, 0.2) is 449 Å². The molecule has 130 heavy (non-hydrogen) atoms. The third kappa shape index (κ3) is 11.3. The highest BCUT2D eigenvalue weighted by atomic mass is 32.2. The number of para-hydroxylation sites is 1. The summed E-state index contributed by atoms with van der Waals surface area (Å²) in [6.07, 6.45) is 0. The summed E-state index contributed by atoms with van der Waals surface area (Å²) >= 11 is 5.57. The minimum Gasteiger partial charge on any atom is -0.456 e. The molecule has 8 heterocycles. The van der Waals surface area contributed by atoms with E-state index in [-0.39, 0.29) is 0 Å². The highest BCUT2D eigenvalue weighted by molar-refractivity contribution is 7.99. The van der Waals surface area contributed by atoms with Crippen LogP contribution in [0.4, 0.5) is 0 Å². The molecule has 2 aliphatic heterocycles. The van der Waals surface area contributed by atoms with Crippen LogP contribution in [0.25, 0.3) is 198 Å². The number of benzene rings is 18. The summed E-state index contributed by atoms with van der Waals surface area (Å²) in [4.78, 5) is 37.5. The Bertz CT molecular complexity index is 8800. The molecular formula is C120H70N6OS3. The number of pyridine rings is 2. The molecule has 0 bridgehead atoms. The Morgan fingerprint density at radius 3 is 1.08 bits per heavy atom. The van der Waals surface area contributed by atoms with Crippen molar-refractivity contribution < 1.29 is 4.42 Å². The van der Waals surface area contributed by atoms with Crippen molar-refractivity contribution >= 4 is 120 Å². The molecule has 0 saturated heterocycles. The van der Waals surface area contributed by atoms with E-state index in [4.69, 9.17) is 34.3 Å². The van der Waals surface area contributed by atoms with Crippen LogP contribution in [-0.2, 0) is 10.8 Å². The van der Waals surface area contributed by atoms with Gasteiger partial charge in [0.1, 0.15) is 11.2 Å². The Balaban J connectivity index is 0.000000134. The molecule has 0 amide bonds. The lowest BCUT2D eigenvalue weighted by atomic mass is 9.67. The van der Waals surface area contributed by atoms with Crippen LogP contribution in [0.1, 0.15) is 44.5 Å². The van der Waals surface area contributed by atoms with Gasteiger partial charge >= 0.3 is 0 Å². The van der Waals surface area contributed by atoms with Gasteiger partial charge in [-0.2, -0.15) is 0 Å². The van der Waals surface area contributed by atoms with Crippen molar-refractivity contribution in [3.8, 4) is 113 Å². The topological polar surface area (TPSA) is 90.5 Å². The number of thiophene rings is 1. The lowest BCUT2D eigenvalue weighted by molar-refractivity contribution is 0.669. The van der Waals surface area contributed by atoms with Crippen LogP contribution in [0, 0.1) is 0 Å². The molecule has 18 aromatic carbocycles. The number of fused-ring (bicyclic) bond motifs is 30. The predicted octanol–water partition coefficient (Wildman–Crippen LogP) is 31.6. The van der Waals surface area contributed by atoms with Crippen LogP contribution >= 0.6 is 34.9 Å². The maximum Gasteiger partial charge on any atom is 0.160 e. The van der Waals surface area contributed by atoms with Gasteiger partial charge in [-0.15, -0.1) is 11.3 Å². The molecule has 7 nitrogen and oxygen atoms in total. The Kier molecular flexibility index (Phi) is 16.8. The van der Waals surface area contributed by atoms with Crippen LogP contribution in [0.2, 0.25) is 0 Å². The van der Waals surface area contributed by atoms with Gasteiger partial charge in [-0.05, 0) is 169 Å². The molecule has 28 rings (SSSR count). The third-order valence-electron chi connectivity index (χ3n) is 27.1. The number of furan rings is 1. The Hall–Kier alpha value is -15.8. The van der Waals surface area contributed by atoms with E-state index in [2.05, 4.69) is 376 Å². The maximum absolute atomic E-state index is 6.34. The first-order valence-corrected chi connectivity index (χ1v) is 46.5. The van der Waals surface area contributed by atoms with Gasteiger partial charge in [-0.25, -0.2) is 29.9 Å². The lowest BCUT2D eigenvalue weighted by Crippen LogP contribution is -2.31. The molecule has 2 aliphatic carbocycles. The van der Waals surface area contributed by atoms with E-state index < -0.39 is 10.8 Å². The van der Waals surface area contributed by atoms with Crippen LogP contribution in [0.5, 0.6) is 0 Å². The zero-order valence-electron chi connectivity index (χ0n) is 69.7. The van der Waals surface area contributed by atoms with Gasteiger partial charge < -0.3 is 4.42 Å². The standard InChI is InChI=1S/C60H35N3OS.C60H35N3S2/c1-3-16-36(17-4-1)58-45-33-44-39-20-7-9-23-46(39)60(47-24-10-13-28-55(47)65-56-29-14-11-25-48(56)60)49(44)34-43(45)40-31-30-38(32-51(40)61-58)50-35-52(63-59(62-50)37-18-5-2-6-19-37)41-22-15-27-54-57(41)42-21-8-12-26-53(42)64-54;1-3-16-36(17-4-1)57-46-33-45-39-20-7-9-24-47(39)60(48-25-10-13-28-55(48)64-56-29-14-11-26-49(56)60)50(45)34-44(46)40-31-30-38(32-52(40)61-57)51-35-53(63-59(62-51)37-18-5-2-6-19-37)43-23-15-22-42-41-21-8-12-27-54(41)65-58(42)43/h2*1-35H.